The van der Waals surface area contributed by atoms with Crippen LogP contribution in [0, 0.1) is 0 Å². The van der Waals surface area contributed by atoms with Crippen LogP contribution < -0.4 is 0 Å². The molecule has 1 heterocycles. The van der Waals surface area contributed by atoms with Crippen LogP contribution in [0.3, 0.4) is 0 Å². The Morgan fingerprint density at radius 2 is 0.980 bits per heavy atom. The first kappa shape index (κ1) is 24.0. The molecule has 232 valence electrons. The van der Waals surface area contributed by atoms with E-state index < -0.39 is 6.04 Å². The highest BCUT2D eigenvalue weighted by molar-refractivity contribution is 6.21. The van der Waals surface area contributed by atoms with Gasteiger partial charge < -0.3 is 0 Å². The molecule has 0 spiro atoms. The fraction of sp³-hybridized carbons (Fsp3) is 0.0426. The summed E-state index contributed by atoms with van der Waals surface area (Å²) in [4.78, 5) is 4.91. The SMILES string of the molecule is [2H]c1c([2H])c([2H])c(-c2cccc(-c3c4ccccc4c(-c4cccc(-c5cccc(-n6c(CC)nc7ccccc76)c5)c4)c4ccccc34)c2)c([2H])c1[2H]. The lowest BCUT2D eigenvalue weighted by molar-refractivity contribution is 0.908. The van der Waals surface area contributed by atoms with E-state index in [9.17, 15) is 0 Å². The number of hydrogen-bond acceptors (Lipinski definition) is 1. The number of para-hydroxylation sites is 2. The molecule has 49 heavy (non-hydrogen) atoms. The Kier molecular flexibility index (Phi) is 5.91. The molecule has 0 saturated carbocycles. The van der Waals surface area contributed by atoms with Crippen LogP contribution in [-0.4, -0.2) is 9.55 Å². The highest BCUT2D eigenvalue weighted by atomic mass is 15.1. The average molecular weight is 632 g/mol. The van der Waals surface area contributed by atoms with Crippen molar-refractivity contribution < 1.29 is 6.85 Å². The molecule has 0 amide bonds. The minimum absolute atomic E-state index is 0.195. The van der Waals surface area contributed by atoms with Crippen LogP contribution in [0.4, 0.5) is 0 Å². The Hall–Kier alpha value is -6.25. The molecule has 0 unspecified atom stereocenters. The number of imidazole rings is 1. The zero-order valence-corrected chi connectivity index (χ0v) is 27.0. The molecule has 2 heteroatoms. The van der Waals surface area contributed by atoms with Crippen LogP contribution in [-0.2, 0) is 6.42 Å². The van der Waals surface area contributed by atoms with Crippen molar-refractivity contribution in [1.82, 2.24) is 9.55 Å². The summed E-state index contributed by atoms with van der Waals surface area (Å²) in [6.45, 7) is 2.14. The van der Waals surface area contributed by atoms with E-state index in [1.165, 1.54) is 0 Å². The van der Waals surface area contributed by atoms with Crippen LogP contribution in [0.15, 0.2) is 176 Å². The average Bonchev–Trinajstić information content (AvgIpc) is 3.60. The van der Waals surface area contributed by atoms with Crippen LogP contribution in [0.5, 0.6) is 0 Å². The summed E-state index contributed by atoms with van der Waals surface area (Å²) in [5, 5.41) is 4.33. The number of nitrogens with zero attached hydrogens (tertiary/aromatic N) is 2. The number of rotatable bonds is 6. The smallest absolute Gasteiger partial charge is 0.114 e. The van der Waals surface area contributed by atoms with E-state index in [1.54, 1.807) is 0 Å². The van der Waals surface area contributed by atoms with Crippen molar-refractivity contribution in [2.45, 2.75) is 13.3 Å². The van der Waals surface area contributed by atoms with Gasteiger partial charge in [0.05, 0.1) is 17.9 Å². The highest BCUT2D eigenvalue weighted by Gasteiger charge is 2.18. The fourth-order valence-electron chi connectivity index (χ4n) is 7.25. The summed E-state index contributed by atoms with van der Waals surface area (Å²) >= 11 is 0. The van der Waals surface area contributed by atoms with Gasteiger partial charge >= 0.3 is 0 Å². The third-order valence-electron chi connectivity index (χ3n) is 9.41. The van der Waals surface area contributed by atoms with Crippen LogP contribution in [0.25, 0.3) is 82.8 Å². The lowest BCUT2D eigenvalue weighted by Gasteiger charge is -2.18. The molecule has 2 nitrogen and oxygen atoms in total. The van der Waals surface area contributed by atoms with Crippen molar-refractivity contribution in [1.29, 1.82) is 0 Å². The first-order chi connectivity index (χ1) is 26.3. The molecule has 8 aromatic carbocycles. The number of fused-ring (bicyclic) bond motifs is 3. The summed E-state index contributed by atoms with van der Waals surface area (Å²) < 4.78 is 44.2. The van der Waals surface area contributed by atoms with E-state index >= 15 is 0 Å². The van der Waals surface area contributed by atoms with Crippen molar-refractivity contribution in [3.05, 3.63) is 182 Å². The Balaban J connectivity index is 1.22. The van der Waals surface area contributed by atoms with Crippen molar-refractivity contribution in [2.24, 2.45) is 0 Å². The normalized spacial score (nSPS) is 12.9. The number of benzene rings is 8. The second kappa shape index (κ2) is 12.1. The second-order valence-corrected chi connectivity index (χ2v) is 12.3. The minimum atomic E-state index is -0.397. The lowest BCUT2D eigenvalue weighted by Crippen LogP contribution is -2.00. The molecule has 0 bridgehead atoms. The van der Waals surface area contributed by atoms with E-state index in [0.717, 1.165) is 83.9 Å². The maximum absolute atomic E-state index is 8.63. The van der Waals surface area contributed by atoms with E-state index in [1.807, 2.05) is 30.3 Å². The molecule has 0 radical (unpaired) electrons. The van der Waals surface area contributed by atoms with E-state index in [2.05, 4.69) is 127 Å². The van der Waals surface area contributed by atoms with Gasteiger partial charge in [-0.15, -0.1) is 0 Å². The Labute approximate surface area is 293 Å². The topological polar surface area (TPSA) is 17.8 Å². The monoisotopic (exact) mass is 631 g/mol. The largest absolute Gasteiger partial charge is 0.296 e. The van der Waals surface area contributed by atoms with Gasteiger partial charge in [0.2, 0.25) is 0 Å². The summed E-state index contributed by atoms with van der Waals surface area (Å²) in [5.74, 6) is 1.03. The van der Waals surface area contributed by atoms with Crippen molar-refractivity contribution in [2.75, 3.05) is 0 Å². The summed E-state index contributed by atoms with van der Waals surface area (Å²) in [5.41, 5.74) is 10.3. The molecular weight excluding hydrogens is 593 g/mol. The highest BCUT2D eigenvalue weighted by Crippen LogP contribution is 2.44. The molecular formula is C47H34N2. The first-order valence-electron chi connectivity index (χ1n) is 19.1. The second-order valence-electron chi connectivity index (χ2n) is 12.3. The number of aromatic nitrogens is 2. The van der Waals surface area contributed by atoms with Crippen LogP contribution >= 0.6 is 0 Å². The predicted molar refractivity (Wildman–Crippen MR) is 207 cm³/mol. The van der Waals surface area contributed by atoms with Gasteiger partial charge in [-0.3, -0.25) is 4.57 Å². The molecule has 9 aromatic rings. The Bertz CT molecular complexity index is 2860. The lowest BCUT2D eigenvalue weighted by atomic mass is 9.85. The van der Waals surface area contributed by atoms with Gasteiger partial charge in [-0.2, -0.15) is 0 Å². The predicted octanol–water partition coefficient (Wildman–Crippen LogP) is 12.6. The number of aryl methyl sites for hydroxylation is 1. The van der Waals surface area contributed by atoms with Crippen molar-refractivity contribution >= 4 is 32.6 Å². The summed E-state index contributed by atoms with van der Waals surface area (Å²) in [7, 11) is 0. The number of hydrogen-bond donors (Lipinski definition) is 0. The van der Waals surface area contributed by atoms with Crippen molar-refractivity contribution in [3.63, 3.8) is 0 Å². The zero-order chi connectivity index (χ0) is 37.1. The van der Waals surface area contributed by atoms with E-state index in [-0.39, 0.29) is 29.7 Å². The van der Waals surface area contributed by atoms with E-state index in [4.69, 9.17) is 11.8 Å². The molecule has 0 aliphatic heterocycles. The third-order valence-corrected chi connectivity index (χ3v) is 9.41. The van der Waals surface area contributed by atoms with Gasteiger partial charge in [0.15, 0.2) is 0 Å². The maximum Gasteiger partial charge on any atom is 0.114 e. The van der Waals surface area contributed by atoms with Crippen LogP contribution in [0.2, 0.25) is 0 Å². The van der Waals surface area contributed by atoms with Gasteiger partial charge in [-0.05, 0) is 102 Å². The Morgan fingerprint density at radius 3 is 1.57 bits per heavy atom. The van der Waals surface area contributed by atoms with Gasteiger partial charge in [-0.1, -0.05) is 146 Å². The fourth-order valence-corrected chi connectivity index (χ4v) is 7.25. The molecule has 0 aliphatic rings. The zero-order valence-electron chi connectivity index (χ0n) is 32.0. The van der Waals surface area contributed by atoms with Crippen LogP contribution in [0.1, 0.15) is 19.6 Å². The molecule has 1 aromatic heterocycles. The quantitative estimate of drug-likeness (QED) is 0.167. The molecule has 0 saturated heterocycles. The maximum atomic E-state index is 8.63. The molecule has 0 N–H and O–H groups in total. The summed E-state index contributed by atoms with van der Waals surface area (Å²) in [6.07, 6.45) is 0.822. The van der Waals surface area contributed by atoms with Gasteiger partial charge in [-0.25, -0.2) is 4.98 Å². The van der Waals surface area contributed by atoms with E-state index in [0.29, 0.717) is 5.56 Å². The van der Waals surface area contributed by atoms with Gasteiger partial charge in [0.25, 0.3) is 0 Å². The first-order valence-corrected chi connectivity index (χ1v) is 16.6. The Morgan fingerprint density at radius 1 is 0.490 bits per heavy atom. The minimum Gasteiger partial charge on any atom is -0.296 e. The molecule has 9 rings (SSSR count). The van der Waals surface area contributed by atoms with Crippen molar-refractivity contribution in [3.8, 4) is 50.2 Å². The standard InChI is InChI=1S/C47H34N2/c1-2-45-48-43-27-10-11-28-44(43)49(45)38-22-14-19-35(31-38)34-18-13-21-37(30-34)47-41-25-8-6-23-39(41)46(40-24-7-9-26-42(40)47)36-20-12-17-33(29-36)32-15-4-3-5-16-32/h3-31H,2H2,1H3/i3D,4D,5D,15D,16D. The van der Waals surface area contributed by atoms with Gasteiger partial charge in [0, 0.05) is 12.1 Å². The molecule has 0 fully saturated rings. The molecule has 0 atom stereocenters. The summed E-state index contributed by atoms with van der Waals surface area (Å²) in [6, 6.07) is 48.8. The van der Waals surface area contributed by atoms with Gasteiger partial charge in [0.1, 0.15) is 5.82 Å². The molecule has 0 aliphatic carbocycles. The third kappa shape index (κ3) is 5.01.